The Labute approximate surface area is 114 Å². The van der Waals surface area contributed by atoms with Gasteiger partial charge in [-0.1, -0.05) is 0 Å². The third-order valence-corrected chi connectivity index (χ3v) is 2.12. The fourth-order valence-electron chi connectivity index (χ4n) is 1.28. The van der Waals surface area contributed by atoms with Crippen molar-refractivity contribution in [1.82, 2.24) is 4.90 Å². The maximum absolute atomic E-state index is 11.5. The molecule has 1 amide bonds. The number of carboxylic acid groups (broad SMARTS) is 1. The number of hydrogen-bond acceptors (Lipinski definition) is 4. The van der Waals surface area contributed by atoms with Crippen molar-refractivity contribution < 1.29 is 32.6 Å². The minimum atomic E-state index is -5.08. The molecule has 1 atom stereocenters. The molecule has 0 bridgehead atoms. The van der Waals surface area contributed by atoms with Gasteiger partial charge in [0.2, 0.25) is 0 Å². The number of carbonyl (C=O) groups is 2. The smallest absolute Gasteiger partial charge is 0.475 e. The number of alkyl halides is 3. The molecule has 0 saturated carbocycles. The first kappa shape index (κ1) is 18.5. The van der Waals surface area contributed by atoms with Crippen molar-refractivity contribution in [1.29, 1.82) is 0 Å². The monoisotopic (exact) mass is 300 g/mol. The van der Waals surface area contributed by atoms with E-state index in [1.54, 1.807) is 4.90 Å². The van der Waals surface area contributed by atoms with Crippen LogP contribution in [0.2, 0.25) is 0 Å². The standard InChI is InChI=1S/C9H18N2O2.C2HF3O2/c1-9(2,3)13-8(12)11-5-4-7(10)6-11;3-2(4,5)1(6)7/h7H,4-6,10H2,1-3H3;(H,6,7). The Balaban J connectivity index is 0.000000441. The highest BCUT2D eigenvalue weighted by molar-refractivity contribution is 5.73. The van der Waals surface area contributed by atoms with E-state index in [-0.39, 0.29) is 12.1 Å². The lowest BCUT2D eigenvalue weighted by Crippen LogP contribution is -2.36. The van der Waals surface area contributed by atoms with Gasteiger partial charge in [0.1, 0.15) is 5.60 Å². The Bertz CT molecular complexity index is 353. The zero-order chi connectivity index (χ0) is 16.1. The van der Waals surface area contributed by atoms with Crippen molar-refractivity contribution in [3.8, 4) is 0 Å². The molecule has 6 nitrogen and oxygen atoms in total. The molecule has 1 unspecified atom stereocenters. The molecule has 3 N–H and O–H groups in total. The SMILES string of the molecule is CC(C)(C)OC(=O)N1CCC(N)C1.O=C(O)C(F)(F)F. The molecule has 9 heteroatoms. The number of amides is 1. The molecular weight excluding hydrogens is 281 g/mol. The molecule has 1 aliphatic heterocycles. The number of ether oxygens (including phenoxy) is 1. The molecular formula is C11H19F3N2O4. The van der Waals surface area contributed by atoms with Gasteiger partial charge in [0, 0.05) is 19.1 Å². The maximum atomic E-state index is 11.5. The fourth-order valence-corrected chi connectivity index (χ4v) is 1.28. The Morgan fingerprint density at radius 3 is 2.00 bits per heavy atom. The number of halogens is 3. The maximum Gasteiger partial charge on any atom is 0.490 e. The zero-order valence-electron chi connectivity index (χ0n) is 11.5. The third kappa shape index (κ3) is 7.82. The quantitative estimate of drug-likeness (QED) is 0.708. The molecule has 1 heterocycles. The number of likely N-dealkylation sites (tertiary alicyclic amines) is 1. The second-order valence-corrected chi connectivity index (χ2v) is 5.28. The van der Waals surface area contributed by atoms with E-state index >= 15 is 0 Å². The number of rotatable bonds is 0. The minimum Gasteiger partial charge on any atom is -0.475 e. The number of nitrogens with two attached hydrogens (primary N) is 1. The van der Waals surface area contributed by atoms with Gasteiger partial charge in [-0.15, -0.1) is 0 Å². The number of carbonyl (C=O) groups excluding carboxylic acids is 1. The van der Waals surface area contributed by atoms with Crippen molar-refractivity contribution in [2.75, 3.05) is 13.1 Å². The third-order valence-electron chi connectivity index (χ3n) is 2.12. The second-order valence-electron chi connectivity index (χ2n) is 5.28. The lowest BCUT2D eigenvalue weighted by atomic mass is 10.2. The Morgan fingerprint density at radius 2 is 1.75 bits per heavy atom. The van der Waals surface area contributed by atoms with Crippen LogP contribution in [0, 0.1) is 0 Å². The zero-order valence-corrected chi connectivity index (χ0v) is 11.5. The summed E-state index contributed by atoms with van der Waals surface area (Å²) in [4.78, 5) is 22.0. The Kier molecular flexibility index (Phi) is 6.27. The molecule has 1 saturated heterocycles. The average molecular weight is 300 g/mol. The van der Waals surface area contributed by atoms with Crippen LogP contribution in [0.15, 0.2) is 0 Å². The van der Waals surface area contributed by atoms with E-state index in [0.717, 1.165) is 13.0 Å². The van der Waals surface area contributed by atoms with Crippen LogP contribution in [0.25, 0.3) is 0 Å². The molecule has 1 fully saturated rings. The van der Waals surface area contributed by atoms with Crippen LogP contribution in [0.4, 0.5) is 18.0 Å². The van der Waals surface area contributed by atoms with Gasteiger partial charge in [-0.2, -0.15) is 13.2 Å². The predicted octanol–water partition coefficient (Wildman–Crippen LogP) is 1.59. The first-order valence-corrected chi connectivity index (χ1v) is 5.86. The molecule has 0 aromatic carbocycles. The van der Waals surface area contributed by atoms with E-state index in [9.17, 15) is 18.0 Å². The lowest BCUT2D eigenvalue weighted by molar-refractivity contribution is -0.192. The molecule has 1 rings (SSSR count). The summed E-state index contributed by atoms with van der Waals surface area (Å²) in [5, 5.41) is 7.12. The summed E-state index contributed by atoms with van der Waals surface area (Å²) in [5.41, 5.74) is 5.26. The molecule has 0 spiro atoms. The summed E-state index contributed by atoms with van der Waals surface area (Å²) < 4.78 is 36.9. The number of hydrogen-bond donors (Lipinski definition) is 2. The minimum absolute atomic E-state index is 0.118. The van der Waals surface area contributed by atoms with Crippen LogP contribution in [0.1, 0.15) is 27.2 Å². The van der Waals surface area contributed by atoms with E-state index in [0.29, 0.717) is 6.54 Å². The van der Waals surface area contributed by atoms with Crippen LogP contribution in [-0.2, 0) is 9.53 Å². The molecule has 0 aromatic rings. The summed E-state index contributed by atoms with van der Waals surface area (Å²) in [5.74, 6) is -2.76. The van der Waals surface area contributed by atoms with Gasteiger partial charge in [0.25, 0.3) is 0 Å². The number of aliphatic carboxylic acids is 1. The van der Waals surface area contributed by atoms with Crippen molar-refractivity contribution >= 4 is 12.1 Å². The van der Waals surface area contributed by atoms with Gasteiger partial charge < -0.3 is 20.5 Å². The van der Waals surface area contributed by atoms with Crippen LogP contribution in [0.5, 0.6) is 0 Å². The highest BCUT2D eigenvalue weighted by Gasteiger charge is 2.38. The van der Waals surface area contributed by atoms with Crippen molar-refractivity contribution in [3.05, 3.63) is 0 Å². The topological polar surface area (TPSA) is 92.9 Å². The molecule has 1 aliphatic rings. The molecule has 0 radical (unpaired) electrons. The lowest BCUT2D eigenvalue weighted by Gasteiger charge is -2.24. The number of carboxylic acids is 1. The van der Waals surface area contributed by atoms with E-state index in [2.05, 4.69) is 0 Å². The summed E-state index contributed by atoms with van der Waals surface area (Å²) in [7, 11) is 0. The molecule has 0 aliphatic carbocycles. The number of nitrogens with zero attached hydrogens (tertiary/aromatic N) is 1. The summed E-state index contributed by atoms with van der Waals surface area (Å²) in [6.45, 7) is 6.92. The first-order valence-electron chi connectivity index (χ1n) is 5.86. The second kappa shape index (κ2) is 6.78. The van der Waals surface area contributed by atoms with E-state index in [1.807, 2.05) is 20.8 Å². The van der Waals surface area contributed by atoms with E-state index in [1.165, 1.54) is 0 Å². The van der Waals surface area contributed by atoms with Crippen molar-refractivity contribution in [2.24, 2.45) is 5.73 Å². The highest BCUT2D eigenvalue weighted by atomic mass is 19.4. The fraction of sp³-hybridized carbons (Fsp3) is 0.818. The summed E-state index contributed by atoms with van der Waals surface area (Å²) >= 11 is 0. The Hall–Kier alpha value is -1.51. The molecule has 0 aromatic heterocycles. The molecule has 20 heavy (non-hydrogen) atoms. The van der Waals surface area contributed by atoms with Crippen LogP contribution in [0.3, 0.4) is 0 Å². The van der Waals surface area contributed by atoms with Crippen LogP contribution < -0.4 is 5.73 Å². The van der Waals surface area contributed by atoms with Gasteiger partial charge >= 0.3 is 18.2 Å². The highest BCUT2D eigenvalue weighted by Crippen LogP contribution is 2.14. The summed E-state index contributed by atoms with van der Waals surface area (Å²) in [6, 6.07) is 0.118. The van der Waals surface area contributed by atoms with Crippen LogP contribution >= 0.6 is 0 Å². The largest absolute Gasteiger partial charge is 0.490 e. The van der Waals surface area contributed by atoms with Gasteiger partial charge in [0.05, 0.1) is 0 Å². The van der Waals surface area contributed by atoms with Crippen molar-refractivity contribution in [2.45, 2.75) is 45.0 Å². The molecule has 118 valence electrons. The van der Waals surface area contributed by atoms with Gasteiger partial charge in [-0.3, -0.25) is 0 Å². The summed E-state index contributed by atoms with van der Waals surface area (Å²) in [6.07, 6.45) is -4.46. The first-order chi connectivity index (χ1) is 8.83. The van der Waals surface area contributed by atoms with Gasteiger partial charge in [0.15, 0.2) is 0 Å². The van der Waals surface area contributed by atoms with E-state index in [4.69, 9.17) is 20.4 Å². The average Bonchev–Trinajstić information content (AvgIpc) is 2.61. The Morgan fingerprint density at radius 1 is 1.30 bits per heavy atom. The van der Waals surface area contributed by atoms with Gasteiger partial charge in [-0.25, -0.2) is 9.59 Å². The van der Waals surface area contributed by atoms with Gasteiger partial charge in [-0.05, 0) is 27.2 Å². The normalized spacial score (nSPS) is 19.1. The van der Waals surface area contributed by atoms with Crippen molar-refractivity contribution in [3.63, 3.8) is 0 Å². The predicted molar refractivity (Wildman–Crippen MR) is 64.1 cm³/mol. The van der Waals surface area contributed by atoms with E-state index < -0.39 is 17.7 Å². The van der Waals surface area contributed by atoms with Crippen LogP contribution in [-0.4, -0.2) is 53.0 Å².